The summed E-state index contributed by atoms with van der Waals surface area (Å²) in [5.74, 6) is 0. The number of nitrogen functional groups attached to an aromatic ring is 1. The van der Waals surface area contributed by atoms with Crippen LogP contribution in [0.5, 0.6) is 0 Å². The lowest BCUT2D eigenvalue weighted by Crippen LogP contribution is -1.88. The van der Waals surface area contributed by atoms with Gasteiger partial charge in [-0.3, -0.25) is 4.98 Å². The SMILES string of the molecule is CNc1sc(-c2ccncc2)cc1N.Cc1cccc(CC=O)c1. The summed E-state index contributed by atoms with van der Waals surface area (Å²) < 4.78 is 0. The Morgan fingerprint density at radius 2 is 1.96 bits per heavy atom. The molecule has 0 unspecified atom stereocenters. The Morgan fingerprint density at radius 1 is 1.21 bits per heavy atom. The van der Waals surface area contributed by atoms with Gasteiger partial charge in [-0.25, -0.2) is 0 Å². The fourth-order valence-electron chi connectivity index (χ4n) is 2.19. The molecule has 3 N–H and O–H groups in total. The molecule has 3 rings (SSSR count). The highest BCUT2D eigenvalue weighted by molar-refractivity contribution is 7.20. The Kier molecular flexibility index (Phi) is 6.51. The monoisotopic (exact) mass is 339 g/mol. The average molecular weight is 339 g/mol. The fraction of sp³-hybridized carbons (Fsp3) is 0.158. The molecule has 5 heteroatoms. The van der Waals surface area contributed by atoms with Gasteiger partial charge in [-0.05, 0) is 36.2 Å². The van der Waals surface area contributed by atoms with Crippen LogP contribution < -0.4 is 11.1 Å². The zero-order valence-corrected chi connectivity index (χ0v) is 14.6. The molecule has 124 valence electrons. The van der Waals surface area contributed by atoms with Crippen molar-refractivity contribution in [3.05, 3.63) is 66.0 Å². The average Bonchev–Trinajstić information content (AvgIpc) is 2.98. The highest BCUT2D eigenvalue weighted by Crippen LogP contribution is 2.36. The van der Waals surface area contributed by atoms with Gasteiger partial charge in [-0.1, -0.05) is 29.8 Å². The van der Waals surface area contributed by atoms with E-state index >= 15 is 0 Å². The smallest absolute Gasteiger partial charge is 0.124 e. The Hall–Kier alpha value is -2.66. The van der Waals surface area contributed by atoms with Crippen LogP contribution in [0.4, 0.5) is 10.7 Å². The van der Waals surface area contributed by atoms with Crippen molar-refractivity contribution in [3.63, 3.8) is 0 Å². The van der Waals surface area contributed by atoms with Crippen LogP contribution in [0.15, 0.2) is 54.9 Å². The minimum absolute atomic E-state index is 0.529. The van der Waals surface area contributed by atoms with Crippen LogP contribution in [0, 0.1) is 6.92 Å². The van der Waals surface area contributed by atoms with Crippen molar-refractivity contribution in [3.8, 4) is 10.4 Å². The molecule has 0 saturated heterocycles. The lowest BCUT2D eigenvalue weighted by atomic mass is 10.1. The second kappa shape index (κ2) is 8.84. The molecule has 1 aromatic carbocycles. The Labute approximate surface area is 146 Å². The molecule has 0 radical (unpaired) electrons. The van der Waals surface area contributed by atoms with Crippen LogP contribution in [-0.2, 0) is 11.2 Å². The maximum absolute atomic E-state index is 10.1. The van der Waals surface area contributed by atoms with E-state index in [4.69, 9.17) is 5.73 Å². The van der Waals surface area contributed by atoms with Gasteiger partial charge in [0.05, 0.1) is 5.69 Å². The Bertz CT molecular complexity index is 784. The van der Waals surface area contributed by atoms with Crippen LogP contribution >= 0.6 is 11.3 Å². The van der Waals surface area contributed by atoms with Gasteiger partial charge in [0, 0.05) is 30.7 Å². The number of anilines is 2. The molecule has 0 fully saturated rings. The summed E-state index contributed by atoms with van der Waals surface area (Å²) in [6.45, 7) is 2.02. The predicted octanol–water partition coefficient (Wildman–Crippen LogP) is 4.17. The maximum atomic E-state index is 10.1. The first-order chi connectivity index (χ1) is 11.6. The van der Waals surface area contributed by atoms with Crippen LogP contribution in [-0.4, -0.2) is 18.3 Å². The topological polar surface area (TPSA) is 68.0 Å². The normalized spacial score (nSPS) is 9.75. The number of carbonyl (C=O) groups excluding carboxylic acids is 1. The second-order valence-electron chi connectivity index (χ2n) is 5.24. The van der Waals surface area contributed by atoms with E-state index in [2.05, 4.69) is 10.3 Å². The van der Waals surface area contributed by atoms with Gasteiger partial charge in [0.25, 0.3) is 0 Å². The molecule has 24 heavy (non-hydrogen) atoms. The third kappa shape index (κ3) is 4.93. The molecule has 4 nitrogen and oxygen atoms in total. The number of hydrogen-bond acceptors (Lipinski definition) is 5. The molecule has 0 amide bonds. The van der Waals surface area contributed by atoms with Crippen molar-refractivity contribution in [2.45, 2.75) is 13.3 Å². The third-order valence-corrected chi connectivity index (χ3v) is 4.57. The van der Waals surface area contributed by atoms with E-state index < -0.39 is 0 Å². The van der Waals surface area contributed by atoms with Gasteiger partial charge in [0.2, 0.25) is 0 Å². The molecule has 0 aliphatic rings. The van der Waals surface area contributed by atoms with Crippen LogP contribution in [0.25, 0.3) is 10.4 Å². The van der Waals surface area contributed by atoms with Crippen molar-refractivity contribution in [2.75, 3.05) is 18.1 Å². The van der Waals surface area contributed by atoms with Gasteiger partial charge in [-0.15, -0.1) is 11.3 Å². The van der Waals surface area contributed by atoms with Crippen molar-refractivity contribution >= 4 is 28.3 Å². The number of pyridine rings is 1. The van der Waals surface area contributed by atoms with Crippen LogP contribution in [0.3, 0.4) is 0 Å². The number of nitrogens with one attached hydrogen (secondary N) is 1. The summed E-state index contributed by atoms with van der Waals surface area (Å²) in [5, 5.41) is 4.07. The largest absolute Gasteiger partial charge is 0.396 e. The van der Waals surface area contributed by atoms with Crippen molar-refractivity contribution in [1.82, 2.24) is 4.98 Å². The summed E-state index contributed by atoms with van der Waals surface area (Å²) in [4.78, 5) is 15.2. The first kappa shape index (κ1) is 17.7. The van der Waals surface area contributed by atoms with E-state index in [0.717, 1.165) is 33.0 Å². The van der Waals surface area contributed by atoms with Crippen molar-refractivity contribution in [2.24, 2.45) is 0 Å². The van der Waals surface area contributed by atoms with Gasteiger partial charge in [-0.2, -0.15) is 0 Å². The molecule has 0 aliphatic heterocycles. The molecular weight excluding hydrogens is 318 g/mol. The van der Waals surface area contributed by atoms with Gasteiger partial charge in [0.1, 0.15) is 11.3 Å². The second-order valence-corrected chi connectivity index (χ2v) is 6.29. The molecular formula is C19H21N3OS. The number of rotatable bonds is 4. The number of thiophene rings is 1. The number of aldehydes is 1. The lowest BCUT2D eigenvalue weighted by Gasteiger charge is -1.94. The highest BCUT2D eigenvalue weighted by Gasteiger charge is 2.05. The predicted molar refractivity (Wildman–Crippen MR) is 102 cm³/mol. The molecule has 0 bridgehead atoms. The van der Waals surface area contributed by atoms with Gasteiger partial charge < -0.3 is 15.8 Å². The van der Waals surface area contributed by atoms with Crippen molar-refractivity contribution in [1.29, 1.82) is 0 Å². The summed E-state index contributed by atoms with van der Waals surface area (Å²) >= 11 is 1.65. The molecule has 0 spiro atoms. The van der Waals surface area contributed by atoms with E-state index in [1.54, 1.807) is 23.7 Å². The van der Waals surface area contributed by atoms with E-state index in [1.165, 1.54) is 5.56 Å². The number of nitrogens with zero attached hydrogens (tertiary/aromatic N) is 1. The summed E-state index contributed by atoms with van der Waals surface area (Å²) in [6, 6.07) is 13.9. The van der Waals surface area contributed by atoms with Crippen LogP contribution in [0.1, 0.15) is 11.1 Å². The number of nitrogens with two attached hydrogens (primary N) is 1. The van der Waals surface area contributed by atoms with E-state index in [1.807, 2.05) is 56.4 Å². The Morgan fingerprint density at radius 3 is 2.54 bits per heavy atom. The molecule has 2 heterocycles. The molecule has 0 aliphatic carbocycles. The quantitative estimate of drug-likeness (QED) is 0.700. The van der Waals surface area contributed by atoms with E-state index in [0.29, 0.717) is 6.42 Å². The summed E-state index contributed by atoms with van der Waals surface area (Å²) in [6.07, 6.45) is 5.02. The minimum atomic E-state index is 0.529. The zero-order chi connectivity index (χ0) is 17.4. The first-order valence-electron chi connectivity index (χ1n) is 7.60. The van der Waals surface area contributed by atoms with Crippen LogP contribution in [0.2, 0.25) is 0 Å². The van der Waals surface area contributed by atoms with Crippen molar-refractivity contribution < 1.29 is 4.79 Å². The lowest BCUT2D eigenvalue weighted by molar-refractivity contribution is -0.107. The number of hydrogen-bond donors (Lipinski definition) is 2. The number of aryl methyl sites for hydroxylation is 1. The standard InChI is InChI=1S/C10H11N3S.C9H10O/c1-12-10-8(11)6-9(14-10)7-2-4-13-5-3-7;1-8-3-2-4-9(7-8)5-6-10/h2-6,12H,11H2,1H3;2-4,6-7H,5H2,1H3. The molecule has 0 saturated carbocycles. The first-order valence-corrected chi connectivity index (χ1v) is 8.42. The molecule has 3 aromatic rings. The number of aromatic nitrogens is 1. The van der Waals surface area contributed by atoms with Gasteiger partial charge >= 0.3 is 0 Å². The molecule has 0 atom stereocenters. The van der Waals surface area contributed by atoms with E-state index in [-0.39, 0.29) is 0 Å². The van der Waals surface area contributed by atoms with E-state index in [9.17, 15) is 4.79 Å². The highest BCUT2D eigenvalue weighted by atomic mass is 32.1. The fourth-order valence-corrected chi connectivity index (χ4v) is 3.13. The number of benzene rings is 1. The molecule has 2 aromatic heterocycles. The minimum Gasteiger partial charge on any atom is -0.396 e. The van der Waals surface area contributed by atoms with Gasteiger partial charge in [0.15, 0.2) is 0 Å². The third-order valence-electron chi connectivity index (χ3n) is 3.35. The summed E-state index contributed by atoms with van der Waals surface area (Å²) in [7, 11) is 1.87. The zero-order valence-electron chi connectivity index (χ0n) is 13.8. The maximum Gasteiger partial charge on any atom is 0.124 e. The number of carbonyl (C=O) groups is 1. The Balaban J connectivity index is 0.000000185. The summed E-state index contributed by atoms with van der Waals surface area (Å²) in [5.41, 5.74) is 10.1.